The molecule has 0 N–H and O–H groups in total. The quantitative estimate of drug-likeness (QED) is 0.836. The second kappa shape index (κ2) is 7.75. The van der Waals surface area contributed by atoms with Crippen molar-refractivity contribution in [2.24, 2.45) is 0 Å². The number of rotatable bonds is 5. The Morgan fingerprint density at radius 1 is 1.17 bits per heavy atom. The van der Waals surface area contributed by atoms with Crippen LogP contribution >= 0.6 is 11.6 Å². The Kier molecular flexibility index (Phi) is 5.47. The fourth-order valence-corrected chi connectivity index (χ4v) is 2.95. The summed E-state index contributed by atoms with van der Waals surface area (Å²) in [5.41, 5.74) is 1.11. The van der Waals surface area contributed by atoms with E-state index < -0.39 is 0 Å². The van der Waals surface area contributed by atoms with Crippen LogP contribution < -0.4 is 4.74 Å². The first-order chi connectivity index (χ1) is 11.2. The molecule has 0 unspecified atom stereocenters. The molecule has 0 saturated carbocycles. The van der Waals surface area contributed by atoms with Crippen LogP contribution in [0.2, 0.25) is 5.02 Å². The number of likely N-dealkylation sites (tertiary alicyclic amines) is 1. The molecule has 0 spiro atoms. The van der Waals surface area contributed by atoms with Gasteiger partial charge in [0.2, 0.25) is 0 Å². The Morgan fingerprint density at radius 2 is 1.91 bits per heavy atom. The van der Waals surface area contributed by atoms with Gasteiger partial charge in [0.25, 0.3) is 0 Å². The van der Waals surface area contributed by atoms with Crippen molar-refractivity contribution in [2.75, 3.05) is 13.1 Å². The van der Waals surface area contributed by atoms with Gasteiger partial charge in [-0.05, 0) is 43.2 Å². The maximum absolute atomic E-state index is 6.03. The molecule has 3 rings (SSSR count). The van der Waals surface area contributed by atoms with E-state index in [2.05, 4.69) is 21.8 Å². The van der Waals surface area contributed by atoms with Crippen molar-refractivity contribution >= 4 is 11.6 Å². The number of piperidine rings is 1. The predicted octanol–water partition coefficient (Wildman–Crippen LogP) is 3.74. The number of hydrogen-bond acceptors (Lipinski definition) is 4. The Bertz CT molecular complexity index is 624. The molecule has 4 nitrogen and oxygen atoms in total. The largest absolute Gasteiger partial charge is 0.490 e. The minimum atomic E-state index is 0.282. The Labute approximate surface area is 142 Å². The molecule has 0 radical (unpaired) electrons. The van der Waals surface area contributed by atoms with Gasteiger partial charge in [0.05, 0.1) is 5.69 Å². The van der Waals surface area contributed by atoms with E-state index in [4.69, 9.17) is 16.3 Å². The van der Waals surface area contributed by atoms with Crippen LogP contribution in [0.15, 0.2) is 36.5 Å². The van der Waals surface area contributed by atoms with E-state index in [0.29, 0.717) is 0 Å². The normalized spacial score (nSPS) is 16.4. The maximum atomic E-state index is 6.03. The predicted molar refractivity (Wildman–Crippen MR) is 91.8 cm³/mol. The molecule has 1 aromatic heterocycles. The zero-order valence-electron chi connectivity index (χ0n) is 13.4. The second-order valence-electron chi connectivity index (χ2n) is 5.87. The molecule has 1 aromatic carbocycles. The summed E-state index contributed by atoms with van der Waals surface area (Å²) in [5.74, 6) is 1.82. The van der Waals surface area contributed by atoms with Crippen LogP contribution in [0.25, 0.3) is 0 Å². The average Bonchev–Trinajstić information content (AvgIpc) is 2.59. The fourth-order valence-electron chi connectivity index (χ4n) is 2.82. The van der Waals surface area contributed by atoms with Crippen molar-refractivity contribution in [3.05, 3.63) is 53.1 Å². The number of aromatic nitrogens is 2. The third kappa shape index (κ3) is 4.66. The molecular formula is C18H22ClN3O. The van der Waals surface area contributed by atoms with Crippen molar-refractivity contribution in [3.8, 4) is 5.75 Å². The summed E-state index contributed by atoms with van der Waals surface area (Å²) in [6.07, 6.45) is 5.09. The minimum Gasteiger partial charge on any atom is -0.490 e. The first kappa shape index (κ1) is 16.2. The molecule has 2 heterocycles. The molecule has 1 fully saturated rings. The highest BCUT2D eigenvalue weighted by Gasteiger charge is 2.21. The summed E-state index contributed by atoms with van der Waals surface area (Å²) < 4.78 is 6.03. The van der Waals surface area contributed by atoms with Gasteiger partial charge in [0.1, 0.15) is 17.7 Å². The first-order valence-corrected chi connectivity index (χ1v) is 8.56. The zero-order chi connectivity index (χ0) is 16.1. The molecule has 1 saturated heterocycles. The van der Waals surface area contributed by atoms with E-state index in [-0.39, 0.29) is 6.10 Å². The highest BCUT2D eigenvalue weighted by molar-refractivity contribution is 6.30. The van der Waals surface area contributed by atoms with Crippen molar-refractivity contribution in [1.82, 2.24) is 14.9 Å². The Hall–Kier alpha value is -1.65. The first-order valence-electron chi connectivity index (χ1n) is 8.18. The minimum absolute atomic E-state index is 0.282. The number of hydrogen-bond donors (Lipinski definition) is 0. The number of aryl methyl sites for hydroxylation is 1. The van der Waals surface area contributed by atoms with E-state index in [9.17, 15) is 0 Å². The SMILES string of the molecule is CCc1nccc(CN2CCC(Oc3ccc(Cl)cc3)CC2)n1. The van der Waals surface area contributed by atoms with Gasteiger partial charge in [-0.15, -0.1) is 0 Å². The van der Waals surface area contributed by atoms with Gasteiger partial charge in [-0.2, -0.15) is 0 Å². The molecule has 0 bridgehead atoms. The molecule has 1 aliphatic rings. The molecule has 0 aliphatic carbocycles. The van der Waals surface area contributed by atoms with Gasteiger partial charge >= 0.3 is 0 Å². The van der Waals surface area contributed by atoms with Gasteiger partial charge < -0.3 is 4.74 Å². The average molecular weight is 332 g/mol. The van der Waals surface area contributed by atoms with Crippen LogP contribution in [0.1, 0.15) is 31.3 Å². The van der Waals surface area contributed by atoms with Crippen molar-refractivity contribution in [2.45, 2.75) is 38.8 Å². The lowest BCUT2D eigenvalue weighted by Crippen LogP contribution is -2.38. The third-order valence-corrected chi connectivity index (χ3v) is 4.37. The highest BCUT2D eigenvalue weighted by atomic mass is 35.5. The van der Waals surface area contributed by atoms with Crippen LogP contribution in [0.5, 0.6) is 5.75 Å². The van der Waals surface area contributed by atoms with Crippen molar-refractivity contribution < 1.29 is 4.74 Å². The Balaban J connectivity index is 1.49. The molecule has 1 aliphatic heterocycles. The second-order valence-corrected chi connectivity index (χ2v) is 6.30. The zero-order valence-corrected chi connectivity index (χ0v) is 14.2. The molecule has 0 atom stereocenters. The van der Waals surface area contributed by atoms with E-state index in [1.165, 1.54) is 0 Å². The lowest BCUT2D eigenvalue weighted by molar-refractivity contribution is 0.0960. The van der Waals surface area contributed by atoms with Crippen LogP contribution in [0, 0.1) is 0 Å². The van der Waals surface area contributed by atoms with Crippen LogP contribution in [-0.2, 0) is 13.0 Å². The van der Waals surface area contributed by atoms with Crippen LogP contribution in [0.3, 0.4) is 0 Å². The number of benzene rings is 1. The summed E-state index contributed by atoms with van der Waals surface area (Å²) in [5, 5.41) is 0.739. The summed E-state index contributed by atoms with van der Waals surface area (Å²) in [6.45, 7) is 5.04. The van der Waals surface area contributed by atoms with Gasteiger partial charge in [-0.3, -0.25) is 4.90 Å². The van der Waals surface area contributed by atoms with Crippen molar-refractivity contribution in [3.63, 3.8) is 0 Å². The van der Waals surface area contributed by atoms with E-state index in [1.54, 1.807) is 0 Å². The molecule has 23 heavy (non-hydrogen) atoms. The number of halogens is 1. The van der Waals surface area contributed by atoms with E-state index in [0.717, 1.165) is 61.2 Å². The van der Waals surface area contributed by atoms with Gasteiger partial charge in [0, 0.05) is 37.3 Å². The van der Waals surface area contributed by atoms with E-state index in [1.807, 2.05) is 36.5 Å². The van der Waals surface area contributed by atoms with Crippen molar-refractivity contribution in [1.29, 1.82) is 0 Å². The van der Waals surface area contributed by atoms with Crippen LogP contribution in [0.4, 0.5) is 0 Å². The van der Waals surface area contributed by atoms with E-state index >= 15 is 0 Å². The smallest absolute Gasteiger partial charge is 0.128 e. The van der Waals surface area contributed by atoms with Gasteiger partial charge in [-0.25, -0.2) is 9.97 Å². The lowest BCUT2D eigenvalue weighted by Gasteiger charge is -2.31. The number of ether oxygens (including phenoxy) is 1. The summed E-state index contributed by atoms with van der Waals surface area (Å²) >= 11 is 5.90. The molecule has 2 aromatic rings. The Morgan fingerprint density at radius 3 is 2.61 bits per heavy atom. The molecule has 122 valence electrons. The van der Waals surface area contributed by atoms with Gasteiger partial charge in [0.15, 0.2) is 0 Å². The number of nitrogens with zero attached hydrogens (tertiary/aromatic N) is 3. The topological polar surface area (TPSA) is 38.2 Å². The summed E-state index contributed by atoms with van der Waals surface area (Å²) in [7, 11) is 0. The van der Waals surface area contributed by atoms with Gasteiger partial charge in [-0.1, -0.05) is 18.5 Å². The summed E-state index contributed by atoms with van der Waals surface area (Å²) in [6, 6.07) is 9.61. The molecule has 0 amide bonds. The summed E-state index contributed by atoms with van der Waals surface area (Å²) in [4.78, 5) is 11.3. The molecular weight excluding hydrogens is 310 g/mol. The third-order valence-electron chi connectivity index (χ3n) is 4.12. The van der Waals surface area contributed by atoms with Crippen LogP contribution in [-0.4, -0.2) is 34.1 Å². The maximum Gasteiger partial charge on any atom is 0.128 e. The standard InChI is InChI=1S/C18H22ClN3O/c1-2-18-20-10-7-15(21-18)13-22-11-8-17(9-12-22)23-16-5-3-14(19)4-6-16/h3-7,10,17H,2,8-9,11-13H2,1H3. The fraction of sp³-hybridized carbons (Fsp3) is 0.444. The highest BCUT2D eigenvalue weighted by Crippen LogP contribution is 2.21. The monoisotopic (exact) mass is 331 g/mol. The molecule has 5 heteroatoms. The lowest BCUT2D eigenvalue weighted by atomic mass is 10.1.